The maximum absolute atomic E-state index is 12.2. The number of hydrogen-bond donors (Lipinski definition) is 2. The first-order chi connectivity index (χ1) is 12.5. The van der Waals surface area contributed by atoms with Crippen LogP contribution in [0, 0.1) is 0 Å². The van der Waals surface area contributed by atoms with Crippen LogP contribution in [0.4, 0.5) is 10.5 Å². The van der Waals surface area contributed by atoms with Crippen molar-refractivity contribution in [3.63, 3.8) is 0 Å². The lowest BCUT2D eigenvalue weighted by molar-refractivity contribution is -0.117. The molecular weight excluding hydrogens is 336 g/mol. The molecule has 0 heterocycles. The Kier molecular flexibility index (Phi) is 6.73. The molecule has 1 atom stereocenters. The van der Waals surface area contributed by atoms with E-state index in [-0.39, 0.29) is 6.61 Å². The van der Waals surface area contributed by atoms with Gasteiger partial charge in [0, 0.05) is 5.69 Å². The summed E-state index contributed by atoms with van der Waals surface area (Å²) in [5.74, 6) is -0.944. The molecule has 0 aliphatic carbocycles. The minimum atomic E-state index is -0.819. The van der Waals surface area contributed by atoms with Crippen molar-refractivity contribution in [3.05, 3.63) is 65.7 Å². The molecule has 26 heavy (non-hydrogen) atoms. The quantitative estimate of drug-likeness (QED) is 0.776. The van der Waals surface area contributed by atoms with Gasteiger partial charge in [0.15, 0.2) is 0 Å². The second kappa shape index (κ2) is 9.22. The molecule has 0 radical (unpaired) electrons. The lowest BCUT2D eigenvalue weighted by Crippen LogP contribution is -2.41. The summed E-state index contributed by atoms with van der Waals surface area (Å²) >= 11 is 0. The van der Waals surface area contributed by atoms with Crippen LogP contribution in [0.3, 0.4) is 0 Å². The van der Waals surface area contributed by atoms with Gasteiger partial charge in [-0.15, -0.1) is 0 Å². The molecule has 0 aliphatic heterocycles. The van der Waals surface area contributed by atoms with Gasteiger partial charge in [-0.05, 0) is 30.7 Å². The van der Waals surface area contributed by atoms with Gasteiger partial charge < -0.3 is 20.1 Å². The summed E-state index contributed by atoms with van der Waals surface area (Å²) in [4.78, 5) is 35.5. The van der Waals surface area contributed by atoms with E-state index in [1.165, 1.54) is 20.1 Å². The van der Waals surface area contributed by atoms with Crippen LogP contribution in [0.15, 0.2) is 54.6 Å². The average molecular weight is 356 g/mol. The van der Waals surface area contributed by atoms with Crippen LogP contribution in [-0.2, 0) is 20.9 Å². The summed E-state index contributed by atoms with van der Waals surface area (Å²) in [6, 6.07) is 14.7. The van der Waals surface area contributed by atoms with Crippen LogP contribution in [0.2, 0.25) is 0 Å². The van der Waals surface area contributed by atoms with E-state index in [1.54, 1.807) is 18.2 Å². The van der Waals surface area contributed by atoms with E-state index in [9.17, 15) is 14.4 Å². The molecule has 0 spiro atoms. The molecule has 1 unspecified atom stereocenters. The fourth-order valence-electron chi connectivity index (χ4n) is 2.10. The lowest BCUT2D eigenvalue weighted by atomic mass is 10.2. The topological polar surface area (TPSA) is 93.7 Å². The van der Waals surface area contributed by atoms with E-state index < -0.39 is 24.0 Å². The average Bonchev–Trinajstić information content (AvgIpc) is 2.66. The van der Waals surface area contributed by atoms with E-state index >= 15 is 0 Å². The van der Waals surface area contributed by atoms with Crippen molar-refractivity contribution in [2.75, 3.05) is 12.4 Å². The molecule has 2 N–H and O–H groups in total. The Morgan fingerprint density at radius 3 is 2.46 bits per heavy atom. The number of esters is 1. The first-order valence-electron chi connectivity index (χ1n) is 7.96. The third-order valence-corrected chi connectivity index (χ3v) is 3.49. The zero-order valence-electron chi connectivity index (χ0n) is 14.5. The van der Waals surface area contributed by atoms with Gasteiger partial charge in [0.05, 0.1) is 12.7 Å². The molecule has 2 aromatic carbocycles. The number of hydrogen-bond acceptors (Lipinski definition) is 5. The summed E-state index contributed by atoms with van der Waals surface area (Å²) in [6.07, 6.45) is -0.695. The van der Waals surface area contributed by atoms with Crippen molar-refractivity contribution in [1.29, 1.82) is 0 Å². The van der Waals surface area contributed by atoms with Crippen LogP contribution < -0.4 is 10.6 Å². The number of carbonyl (C=O) groups is 3. The number of benzene rings is 2. The maximum atomic E-state index is 12.2. The SMILES string of the molecule is COC(=O)c1cccc(NC(=O)C(C)NC(=O)OCc2ccccc2)c1. The zero-order valence-corrected chi connectivity index (χ0v) is 14.5. The molecule has 0 saturated carbocycles. The standard InChI is InChI=1S/C19H20N2O5/c1-13(20-19(24)26-12-14-7-4-3-5-8-14)17(22)21-16-10-6-9-15(11-16)18(23)25-2/h3-11,13H,12H2,1-2H3,(H,20,24)(H,21,22). The van der Waals surface area contributed by atoms with Gasteiger partial charge in [0.1, 0.15) is 12.6 Å². The van der Waals surface area contributed by atoms with Crippen molar-refractivity contribution in [3.8, 4) is 0 Å². The molecule has 0 saturated heterocycles. The predicted octanol–water partition coefficient (Wildman–Crippen LogP) is 2.73. The first-order valence-corrected chi connectivity index (χ1v) is 7.96. The summed E-state index contributed by atoms with van der Waals surface area (Å²) in [5, 5.41) is 5.08. The Bertz CT molecular complexity index is 777. The minimum Gasteiger partial charge on any atom is -0.465 e. The Balaban J connectivity index is 1.85. The van der Waals surface area contributed by atoms with Crippen molar-refractivity contribution in [1.82, 2.24) is 5.32 Å². The predicted molar refractivity (Wildman–Crippen MR) is 95.6 cm³/mol. The highest BCUT2D eigenvalue weighted by Crippen LogP contribution is 2.12. The van der Waals surface area contributed by atoms with Gasteiger partial charge in [-0.25, -0.2) is 9.59 Å². The van der Waals surface area contributed by atoms with Crippen molar-refractivity contribution in [2.45, 2.75) is 19.6 Å². The van der Waals surface area contributed by atoms with Gasteiger partial charge in [-0.3, -0.25) is 4.79 Å². The first kappa shape index (κ1) is 19.0. The molecule has 0 aromatic heterocycles. The summed E-state index contributed by atoms with van der Waals surface area (Å²) in [5.41, 5.74) is 1.58. The largest absolute Gasteiger partial charge is 0.465 e. The van der Waals surface area contributed by atoms with Gasteiger partial charge in [-0.2, -0.15) is 0 Å². The van der Waals surface area contributed by atoms with E-state index in [0.29, 0.717) is 11.3 Å². The number of amides is 2. The number of rotatable bonds is 6. The van der Waals surface area contributed by atoms with Crippen LogP contribution in [0.25, 0.3) is 0 Å². The Morgan fingerprint density at radius 1 is 1.04 bits per heavy atom. The van der Waals surface area contributed by atoms with Crippen LogP contribution in [0.5, 0.6) is 0 Å². The summed E-state index contributed by atoms with van der Waals surface area (Å²) in [6.45, 7) is 1.64. The molecule has 2 aromatic rings. The minimum absolute atomic E-state index is 0.113. The second-order valence-electron chi connectivity index (χ2n) is 5.49. The molecule has 2 amide bonds. The Hall–Kier alpha value is -3.35. The van der Waals surface area contributed by atoms with Gasteiger partial charge >= 0.3 is 12.1 Å². The fraction of sp³-hybridized carbons (Fsp3) is 0.211. The number of anilines is 1. The highest BCUT2D eigenvalue weighted by Gasteiger charge is 2.17. The van der Waals surface area contributed by atoms with E-state index in [2.05, 4.69) is 15.4 Å². The molecule has 7 nitrogen and oxygen atoms in total. The fourth-order valence-corrected chi connectivity index (χ4v) is 2.10. The van der Waals surface area contributed by atoms with Gasteiger partial charge in [0.2, 0.25) is 5.91 Å². The Labute approximate surface area is 151 Å². The molecule has 7 heteroatoms. The smallest absolute Gasteiger partial charge is 0.408 e. The van der Waals surface area contributed by atoms with E-state index in [4.69, 9.17) is 4.74 Å². The molecule has 2 rings (SSSR count). The maximum Gasteiger partial charge on any atom is 0.408 e. The molecule has 136 valence electrons. The van der Waals surface area contributed by atoms with E-state index in [1.807, 2.05) is 30.3 Å². The summed E-state index contributed by atoms with van der Waals surface area (Å²) in [7, 11) is 1.28. The monoisotopic (exact) mass is 356 g/mol. The molecular formula is C19H20N2O5. The van der Waals surface area contributed by atoms with Crippen LogP contribution in [0.1, 0.15) is 22.8 Å². The second-order valence-corrected chi connectivity index (χ2v) is 5.49. The van der Waals surface area contributed by atoms with Crippen molar-refractivity contribution in [2.24, 2.45) is 0 Å². The normalized spacial score (nSPS) is 11.2. The summed E-state index contributed by atoms with van der Waals surface area (Å²) < 4.78 is 9.71. The number of alkyl carbamates (subject to hydrolysis) is 1. The van der Waals surface area contributed by atoms with Crippen LogP contribution in [-0.4, -0.2) is 31.1 Å². The molecule has 0 fully saturated rings. The molecule has 0 bridgehead atoms. The van der Waals surface area contributed by atoms with Crippen LogP contribution >= 0.6 is 0 Å². The lowest BCUT2D eigenvalue weighted by Gasteiger charge is -2.14. The Morgan fingerprint density at radius 2 is 1.77 bits per heavy atom. The van der Waals surface area contributed by atoms with Crippen molar-refractivity contribution < 1.29 is 23.9 Å². The zero-order chi connectivity index (χ0) is 18.9. The third-order valence-electron chi connectivity index (χ3n) is 3.49. The highest BCUT2D eigenvalue weighted by atomic mass is 16.5. The molecule has 0 aliphatic rings. The third kappa shape index (κ3) is 5.62. The number of nitrogens with one attached hydrogen (secondary N) is 2. The van der Waals surface area contributed by atoms with Crippen molar-refractivity contribution >= 4 is 23.7 Å². The van der Waals surface area contributed by atoms with Gasteiger partial charge in [0.25, 0.3) is 0 Å². The highest BCUT2D eigenvalue weighted by molar-refractivity contribution is 5.97. The number of carbonyl (C=O) groups excluding carboxylic acids is 3. The van der Waals surface area contributed by atoms with E-state index in [0.717, 1.165) is 5.56 Å². The number of ether oxygens (including phenoxy) is 2. The van der Waals surface area contributed by atoms with Gasteiger partial charge in [-0.1, -0.05) is 36.4 Å². The number of methoxy groups -OCH3 is 1.